The van der Waals surface area contributed by atoms with Crippen molar-refractivity contribution in [2.24, 2.45) is 0 Å². The molecule has 2 aromatic carbocycles. The molecule has 0 unspecified atom stereocenters. The molecule has 0 aliphatic carbocycles. The van der Waals surface area contributed by atoms with Crippen molar-refractivity contribution in [2.75, 3.05) is 0 Å². The van der Waals surface area contributed by atoms with Crippen molar-refractivity contribution in [2.45, 2.75) is 19.7 Å². The van der Waals surface area contributed by atoms with Crippen molar-refractivity contribution >= 4 is 13.5 Å². The Labute approximate surface area is 108 Å². The van der Waals surface area contributed by atoms with E-state index in [-0.39, 0.29) is 5.82 Å². The molecule has 2 rings (SSSR count). The molecule has 18 heavy (non-hydrogen) atoms. The first-order chi connectivity index (χ1) is 8.58. The van der Waals surface area contributed by atoms with Crippen LogP contribution in [0.3, 0.4) is 0 Å². The fraction of sp³-hybridized carbons (Fsp3) is 0.200. The molecule has 0 saturated carbocycles. The largest absolute Gasteiger partial charge is 0.409 e. The zero-order valence-electron chi connectivity index (χ0n) is 10.7. The highest BCUT2D eigenvalue weighted by Crippen LogP contribution is 2.11. The van der Waals surface area contributed by atoms with Gasteiger partial charge in [-0.25, -0.2) is 4.39 Å². The Morgan fingerprint density at radius 2 is 1.56 bits per heavy atom. The number of benzene rings is 2. The van der Waals surface area contributed by atoms with E-state index in [4.69, 9.17) is 4.43 Å². The van der Waals surface area contributed by atoms with Crippen LogP contribution in [0.2, 0.25) is 13.1 Å². The molecule has 0 aliphatic rings. The first-order valence-corrected chi connectivity index (χ1v) is 8.93. The molecule has 1 nitrogen and oxygen atoms in total. The molecular formula is C15H17FOSi. The molecule has 0 aromatic heterocycles. The van der Waals surface area contributed by atoms with E-state index in [1.807, 2.05) is 18.2 Å². The Morgan fingerprint density at radius 3 is 2.17 bits per heavy atom. The SMILES string of the molecule is C[Si](C)(OCc1ccc(F)cc1)c1ccccc1. The standard InChI is InChI=1S/C15H17FOSi/c1-18(2,15-6-4-3-5-7-15)17-12-13-8-10-14(16)11-9-13/h3-11H,12H2,1-2H3. The number of hydrogen-bond donors (Lipinski definition) is 0. The third-order valence-corrected chi connectivity index (χ3v) is 5.57. The zero-order chi connectivity index (χ0) is 13.0. The molecule has 0 atom stereocenters. The summed E-state index contributed by atoms with van der Waals surface area (Å²) in [5.74, 6) is -0.210. The highest BCUT2D eigenvalue weighted by Gasteiger charge is 2.24. The smallest absolute Gasteiger partial charge is 0.218 e. The molecule has 0 saturated heterocycles. The molecule has 3 heteroatoms. The summed E-state index contributed by atoms with van der Waals surface area (Å²) in [7, 11) is -1.87. The normalized spacial score (nSPS) is 11.5. The lowest BCUT2D eigenvalue weighted by Crippen LogP contribution is -2.44. The Bertz CT molecular complexity index is 494. The molecule has 0 fully saturated rings. The topological polar surface area (TPSA) is 9.23 Å². The molecule has 0 amide bonds. The van der Waals surface area contributed by atoms with E-state index in [2.05, 4.69) is 25.2 Å². The first-order valence-electron chi connectivity index (χ1n) is 6.02. The maximum atomic E-state index is 12.8. The van der Waals surface area contributed by atoms with E-state index in [1.165, 1.54) is 17.3 Å². The van der Waals surface area contributed by atoms with Gasteiger partial charge in [0.25, 0.3) is 0 Å². The minimum absolute atomic E-state index is 0.210. The second-order valence-corrected chi connectivity index (χ2v) is 8.68. The Balaban J connectivity index is 2.03. The zero-order valence-corrected chi connectivity index (χ0v) is 11.7. The molecule has 0 heterocycles. The maximum absolute atomic E-state index is 12.8. The third-order valence-electron chi connectivity index (χ3n) is 2.98. The Hall–Kier alpha value is -1.45. The van der Waals surface area contributed by atoms with Gasteiger partial charge in [0.15, 0.2) is 0 Å². The predicted molar refractivity (Wildman–Crippen MR) is 74.7 cm³/mol. The molecule has 0 radical (unpaired) electrons. The van der Waals surface area contributed by atoms with Gasteiger partial charge in [-0.15, -0.1) is 0 Å². The van der Waals surface area contributed by atoms with Crippen LogP contribution in [0.4, 0.5) is 4.39 Å². The van der Waals surface area contributed by atoms with Crippen LogP contribution in [-0.4, -0.2) is 8.32 Å². The summed E-state index contributed by atoms with van der Waals surface area (Å²) in [5, 5.41) is 1.27. The highest BCUT2D eigenvalue weighted by atomic mass is 28.4. The number of hydrogen-bond acceptors (Lipinski definition) is 1. The van der Waals surface area contributed by atoms with Crippen molar-refractivity contribution in [3.05, 3.63) is 66.0 Å². The second kappa shape index (κ2) is 5.46. The lowest BCUT2D eigenvalue weighted by atomic mass is 10.2. The summed E-state index contributed by atoms with van der Waals surface area (Å²) in [5.41, 5.74) is 1.01. The molecule has 0 aliphatic heterocycles. The number of halogens is 1. The van der Waals surface area contributed by atoms with E-state index >= 15 is 0 Å². The predicted octanol–water partition coefficient (Wildman–Crippen LogP) is 3.45. The van der Waals surface area contributed by atoms with Crippen molar-refractivity contribution in [3.63, 3.8) is 0 Å². The van der Waals surface area contributed by atoms with Gasteiger partial charge in [0.1, 0.15) is 5.82 Å². The van der Waals surface area contributed by atoms with Crippen LogP contribution in [0.1, 0.15) is 5.56 Å². The van der Waals surface area contributed by atoms with E-state index in [0.717, 1.165) is 5.56 Å². The fourth-order valence-electron chi connectivity index (χ4n) is 1.77. The average Bonchev–Trinajstić information content (AvgIpc) is 2.39. The lowest BCUT2D eigenvalue weighted by molar-refractivity contribution is 0.303. The minimum Gasteiger partial charge on any atom is -0.409 e. The average molecular weight is 260 g/mol. The van der Waals surface area contributed by atoms with Gasteiger partial charge in [-0.2, -0.15) is 0 Å². The van der Waals surface area contributed by atoms with E-state index in [9.17, 15) is 4.39 Å². The monoisotopic (exact) mass is 260 g/mol. The van der Waals surface area contributed by atoms with Gasteiger partial charge in [0.2, 0.25) is 8.32 Å². The second-order valence-electron chi connectivity index (χ2n) is 4.79. The molecule has 0 spiro atoms. The van der Waals surface area contributed by atoms with Crippen LogP contribution in [-0.2, 0) is 11.0 Å². The molecule has 0 bridgehead atoms. The summed E-state index contributed by atoms with van der Waals surface area (Å²) >= 11 is 0. The number of rotatable bonds is 4. The molecule has 0 N–H and O–H groups in total. The van der Waals surface area contributed by atoms with E-state index < -0.39 is 8.32 Å². The minimum atomic E-state index is -1.87. The molecule has 94 valence electrons. The van der Waals surface area contributed by atoms with E-state index in [0.29, 0.717) is 6.61 Å². The van der Waals surface area contributed by atoms with Gasteiger partial charge in [0, 0.05) is 0 Å². The quantitative estimate of drug-likeness (QED) is 0.765. The summed E-state index contributed by atoms with van der Waals surface area (Å²) in [6, 6.07) is 16.8. The van der Waals surface area contributed by atoms with Crippen LogP contribution in [0, 0.1) is 5.82 Å². The van der Waals surface area contributed by atoms with Gasteiger partial charge in [-0.1, -0.05) is 42.5 Å². The molecular weight excluding hydrogens is 243 g/mol. The van der Waals surface area contributed by atoms with Crippen molar-refractivity contribution in [1.29, 1.82) is 0 Å². The van der Waals surface area contributed by atoms with Crippen molar-refractivity contribution < 1.29 is 8.82 Å². The van der Waals surface area contributed by atoms with Crippen LogP contribution < -0.4 is 5.19 Å². The summed E-state index contributed by atoms with van der Waals surface area (Å²) < 4.78 is 18.9. The van der Waals surface area contributed by atoms with Crippen LogP contribution in [0.5, 0.6) is 0 Å². The summed E-state index contributed by atoms with van der Waals surface area (Å²) in [6.07, 6.45) is 0. The molecule has 2 aromatic rings. The van der Waals surface area contributed by atoms with Gasteiger partial charge >= 0.3 is 0 Å². The lowest BCUT2D eigenvalue weighted by Gasteiger charge is -2.23. The first kappa shape index (κ1) is 13.0. The van der Waals surface area contributed by atoms with Gasteiger partial charge < -0.3 is 4.43 Å². The van der Waals surface area contributed by atoms with Gasteiger partial charge in [-0.05, 0) is 36.0 Å². The van der Waals surface area contributed by atoms with Crippen LogP contribution >= 0.6 is 0 Å². The highest BCUT2D eigenvalue weighted by molar-refractivity contribution is 6.84. The maximum Gasteiger partial charge on any atom is 0.218 e. The van der Waals surface area contributed by atoms with Gasteiger partial charge in [0.05, 0.1) is 6.61 Å². The Morgan fingerprint density at radius 1 is 0.944 bits per heavy atom. The van der Waals surface area contributed by atoms with Gasteiger partial charge in [-0.3, -0.25) is 0 Å². The Kier molecular flexibility index (Phi) is 3.94. The fourth-order valence-corrected chi connectivity index (χ4v) is 3.46. The summed E-state index contributed by atoms with van der Waals surface area (Å²) in [4.78, 5) is 0. The van der Waals surface area contributed by atoms with E-state index in [1.54, 1.807) is 12.1 Å². The van der Waals surface area contributed by atoms with Crippen LogP contribution in [0.25, 0.3) is 0 Å². The van der Waals surface area contributed by atoms with Crippen molar-refractivity contribution in [1.82, 2.24) is 0 Å². The van der Waals surface area contributed by atoms with Crippen LogP contribution in [0.15, 0.2) is 54.6 Å². The van der Waals surface area contributed by atoms with Crippen molar-refractivity contribution in [3.8, 4) is 0 Å². The summed E-state index contributed by atoms with van der Waals surface area (Å²) in [6.45, 7) is 4.88. The third kappa shape index (κ3) is 3.28.